The van der Waals surface area contributed by atoms with Gasteiger partial charge in [0.1, 0.15) is 11.9 Å². The van der Waals surface area contributed by atoms with Crippen molar-refractivity contribution >= 4 is 17.3 Å². The standard InChI is InChI=1S/C16H19ClN2O/c1-19(2)14-7-4-8-15(10-14)20-16(11-18)12-5-3-6-13(17)9-12/h3-10,16H,11,18H2,1-2H3. The summed E-state index contributed by atoms with van der Waals surface area (Å²) in [6, 6.07) is 15.5. The number of hydrogen-bond acceptors (Lipinski definition) is 3. The molecular formula is C16H19ClN2O. The smallest absolute Gasteiger partial charge is 0.136 e. The van der Waals surface area contributed by atoms with Crippen LogP contribution in [0.2, 0.25) is 5.02 Å². The Kier molecular flexibility index (Phi) is 4.88. The zero-order chi connectivity index (χ0) is 14.5. The van der Waals surface area contributed by atoms with E-state index in [1.165, 1.54) is 0 Å². The van der Waals surface area contributed by atoms with Crippen molar-refractivity contribution in [3.05, 3.63) is 59.1 Å². The predicted octanol–water partition coefficient (Wildman–Crippen LogP) is 3.48. The third-order valence-electron chi connectivity index (χ3n) is 3.05. The Balaban J connectivity index is 2.20. The zero-order valence-corrected chi connectivity index (χ0v) is 12.5. The molecule has 20 heavy (non-hydrogen) atoms. The molecule has 4 heteroatoms. The fraction of sp³-hybridized carbons (Fsp3) is 0.250. The highest BCUT2D eigenvalue weighted by Crippen LogP contribution is 2.26. The summed E-state index contributed by atoms with van der Waals surface area (Å²) >= 11 is 6.01. The van der Waals surface area contributed by atoms with E-state index in [0.29, 0.717) is 11.6 Å². The molecule has 0 saturated heterocycles. The second kappa shape index (κ2) is 6.64. The molecule has 106 valence electrons. The lowest BCUT2D eigenvalue weighted by molar-refractivity contribution is 0.214. The maximum absolute atomic E-state index is 6.01. The van der Waals surface area contributed by atoms with Crippen LogP contribution in [0.3, 0.4) is 0 Å². The van der Waals surface area contributed by atoms with Crippen molar-refractivity contribution in [1.29, 1.82) is 0 Å². The van der Waals surface area contributed by atoms with Gasteiger partial charge in [0.15, 0.2) is 0 Å². The first kappa shape index (κ1) is 14.7. The van der Waals surface area contributed by atoms with Crippen LogP contribution in [0.5, 0.6) is 5.75 Å². The Labute approximate surface area is 124 Å². The van der Waals surface area contributed by atoms with E-state index in [4.69, 9.17) is 22.1 Å². The molecule has 0 fully saturated rings. The van der Waals surface area contributed by atoms with Crippen molar-refractivity contribution in [1.82, 2.24) is 0 Å². The molecule has 0 aromatic heterocycles. The average molecular weight is 291 g/mol. The lowest BCUT2D eigenvalue weighted by Gasteiger charge is -2.20. The third kappa shape index (κ3) is 3.65. The second-order valence-electron chi connectivity index (χ2n) is 4.79. The highest BCUT2D eigenvalue weighted by atomic mass is 35.5. The summed E-state index contributed by atoms with van der Waals surface area (Å²) in [4.78, 5) is 2.03. The van der Waals surface area contributed by atoms with Crippen LogP contribution in [0.25, 0.3) is 0 Å². The number of benzene rings is 2. The van der Waals surface area contributed by atoms with Gasteiger partial charge in [-0.3, -0.25) is 0 Å². The van der Waals surface area contributed by atoms with E-state index >= 15 is 0 Å². The molecule has 0 aliphatic heterocycles. The van der Waals surface area contributed by atoms with Gasteiger partial charge in [-0.2, -0.15) is 0 Å². The topological polar surface area (TPSA) is 38.5 Å². The Morgan fingerprint density at radius 3 is 2.55 bits per heavy atom. The van der Waals surface area contributed by atoms with Crippen LogP contribution >= 0.6 is 11.6 Å². The molecule has 2 rings (SSSR count). The van der Waals surface area contributed by atoms with Crippen molar-refractivity contribution < 1.29 is 4.74 Å². The molecule has 0 amide bonds. The van der Waals surface area contributed by atoms with Crippen LogP contribution < -0.4 is 15.4 Å². The zero-order valence-electron chi connectivity index (χ0n) is 11.7. The lowest BCUT2D eigenvalue weighted by atomic mass is 10.1. The molecule has 0 aliphatic carbocycles. The molecule has 0 spiro atoms. The van der Waals surface area contributed by atoms with Gasteiger partial charge in [-0.1, -0.05) is 29.8 Å². The van der Waals surface area contributed by atoms with Crippen molar-refractivity contribution in [2.24, 2.45) is 5.73 Å². The van der Waals surface area contributed by atoms with Gasteiger partial charge < -0.3 is 15.4 Å². The number of hydrogen-bond donors (Lipinski definition) is 1. The summed E-state index contributed by atoms with van der Waals surface area (Å²) in [5.74, 6) is 0.798. The molecule has 3 nitrogen and oxygen atoms in total. The molecule has 0 bridgehead atoms. The second-order valence-corrected chi connectivity index (χ2v) is 5.23. The monoisotopic (exact) mass is 290 g/mol. The number of nitrogens with zero attached hydrogens (tertiary/aromatic N) is 1. The molecule has 0 radical (unpaired) electrons. The van der Waals surface area contributed by atoms with Crippen LogP contribution in [0, 0.1) is 0 Å². The van der Waals surface area contributed by atoms with Crippen LogP contribution in [-0.2, 0) is 0 Å². The van der Waals surface area contributed by atoms with Gasteiger partial charge in [0.2, 0.25) is 0 Å². The Bertz CT molecular complexity index is 572. The minimum absolute atomic E-state index is 0.203. The largest absolute Gasteiger partial charge is 0.484 e. The lowest BCUT2D eigenvalue weighted by Crippen LogP contribution is -2.18. The van der Waals surface area contributed by atoms with Gasteiger partial charge in [-0.15, -0.1) is 0 Å². The van der Waals surface area contributed by atoms with Crippen molar-refractivity contribution in [2.75, 3.05) is 25.5 Å². The van der Waals surface area contributed by atoms with E-state index < -0.39 is 0 Å². The van der Waals surface area contributed by atoms with Crippen LogP contribution in [0.1, 0.15) is 11.7 Å². The highest BCUT2D eigenvalue weighted by molar-refractivity contribution is 6.30. The summed E-state index contributed by atoms with van der Waals surface area (Å²) < 4.78 is 5.99. The SMILES string of the molecule is CN(C)c1cccc(OC(CN)c2cccc(Cl)c2)c1. The molecule has 0 aliphatic rings. The maximum atomic E-state index is 6.01. The van der Waals surface area contributed by atoms with Gasteiger partial charge in [-0.25, -0.2) is 0 Å². The summed E-state index contributed by atoms with van der Waals surface area (Å²) in [5.41, 5.74) is 7.89. The normalized spacial score (nSPS) is 12.0. The van der Waals surface area contributed by atoms with E-state index in [0.717, 1.165) is 17.0 Å². The van der Waals surface area contributed by atoms with Gasteiger partial charge in [-0.05, 0) is 29.8 Å². The molecule has 0 heterocycles. The predicted molar refractivity (Wildman–Crippen MR) is 84.6 cm³/mol. The first-order valence-corrected chi connectivity index (χ1v) is 6.87. The Morgan fingerprint density at radius 2 is 1.90 bits per heavy atom. The maximum Gasteiger partial charge on any atom is 0.136 e. The number of rotatable bonds is 5. The first-order valence-electron chi connectivity index (χ1n) is 6.49. The quantitative estimate of drug-likeness (QED) is 0.916. The van der Waals surface area contributed by atoms with Crippen LogP contribution in [-0.4, -0.2) is 20.6 Å². The third-order valence-corrected chi connectivity index (χ3v) is 3.28. The summed E-state index contributed by atoms with van der Waals surface area (Å²) in [6.07, 6.45) is -0.203. The molecule has 1 atom stereocenters. The minimum Gasteiger partial charge on any atom is -0.484 e. The van der Waals surface area contributed by atoms with Crippen LogP contribution in [0.4, 0.5) is 5.69 Å². The number of nitrogens with two attached hydrogens (primary N) is 1. The van der Waals surface area contributed by atoms with Crippen molar-refractivity contribution in [2.45, 2.75) is 6.10 Å². The first-order chi connectivity index (χ1) is 9.60. The number of ether oxygens (including phenoxy) is 1. The van der Waals surface area contributed by atoms with E-state index in [9.17, 15) is 0 Å². The summed E-state index contributed by atoms with van der Waals surface area (Å²) in [7, 11) is 3.99. The van der Waals surface area contributed by atoms with Gasteiger partial charge >= 0.3 is 0 Å². The molecule has 1 unspecified atom stereocenters. The molecule has 2 aromatic carbocycles. The van der Waals surface area contributed by atoms with E-state index in [2.05, 4.69) is 0 Å². The van der Waals surface area contributed by atoms with Gasteiger partial charge in [0.05, 0.1) is 0 Å². The van der Waals surface area contributed by atoms with Crippen LogP contribution in [0.15, 0.2) is 48.5 Å². The average Bonchev–Trinajstić information content (AvgIpc) is 2.45. The van der Waals surface area contributed by atoms with Gasteiger partial charge in [0.25, 0.3) is 0 Å². The highest BCUT2D eigenvalue weighted by Gasteiger charge is 2.12. The fourth-order valence-electron chi connectivity index (χ4n) is 1.96. The Hall–Kier alpha value is -1.71. The Morgan fingerprint density at radius 1 is 1.15 bits per heavy atom. The van der Waals surface area contributed by atoms with Gasteiger partial charge in [0, 0.05) is 37.4 Å². The minimum atomic E-state index is -0.203. The van der Waals surface area contributed by atoms with E-state index in [1.807, 2.05) is 67.5 Å². The number of anilines is 1. The summed E-state index contributed by atoms with van der Waals surface area (Å²) in [5, 5.41) is 0.687. The molecular weight excluding hydrogens is 272 g/mol. The fourth-order valence-corrected chi connectivity index (χ4v) is 2.16. The van der Waals surface area contributed by atoms with Crippen molar-refractivity contribution in [3.63, 3.8) is 0 Å². The molecule has 0 saturated carbocycles. The van der Waals surface area contributed by atoms with E-state index in [1.54, 1.807) is 0 Å². The van der Waals surface area contributed by atoms with E-state index in [-0.39, 0.29) is 6.10 Å². The molecule has 2 N–H and O–H groups in total. The summed E-state index contributed by atoms with van der Waals surface area (Å²) in [6.45, 7) is 0.395. The molecule has 2 aromatic rings. The van der Waals surface area contributed by atoms with Crippen molar-refractivity contribution in [3.8, 4) is 5.75 Å². The number of halogens is 1.